The first-order valence-electron chi connectivity index (χ1n) is 4.46. The predicted octanol–water partition coefficient (Wildman–Crippen LogP) is 2.02. The Morgan fingerprint density at radius 3 is 3.20 bits per heavy atom. The van der Waals surface area contributed by atoms with Crippen LogP contribution in [0.25, 0.3) is 10.4 Å². The van der Waals surface area contributed by atoms with Crippen molar-refractivity contribution < 1.29 is 0 Å². The summed E-state index contributed by atoms with van der Waals surface area (Å²) in [7, 11) is 0. The molecule has 0 spiro atoms. The van der Waals surface area contributed by atoms with E-state index in [1.54, 1.807) is 6.20 Å². The van der Waals surface area contributed by atoms with E-state index in [9.17, 15) is 0 Å². The Morgan fingerprint density at radius 2 is 2.47 bits per heavy atom. The lowest BCUT2D eigenvalue weighted by Gasteiger charge is -1.99. The molecule has 0 aromatic carbocycles. The van der Waals surface area contributed by atoms with E-state index < -0.39 is 0 Å². The number of hydrogen-bond acceptors (Lipinski definition) is 3. The first-order valence-corrected chi connectivity index (χ1v) is 4.46. The molecule has 0 atom stereocenters. The highest BCUT2D eigenvalue weighted by Gasteiger charge is 1.98. The Morgan fingerprint density at radius 1 is 1.67 bits per heavy atom. The van der Waals surface area contributed by atoms with E-state index in [0.29, 0.717) is 24.3 Å². The summed E-state index contributed by atoms with van der Waals surface area (Å²) in [4.78, 5) is 6.68. The molecule has 0 saturated carbocycles. The summed E-state index contributed by atoms with van der Waals surface area (Å²) in [5.41, 5.74) is 16.0. The summed E-state index contributed by atoms with van der Waals surface area (Å²) in [6.45, 7) is 2.28. The molecule has 0 aliphatic carbocycles. The Balaban J connectivity index is 2.71. The van der Waals surface area contributed by atoms with Crippen molar-refractivity contribution in [1.29, 1.82) is 0 Å². The number of nitrogens with two attached hydrogens (primary N) is 1. The van der Waals surface area contributed by atoms with Crippen LogP contribution in [0, 0.1) is 18.8 Å². The molecule has 0 saturated heterocycles. The Bertz CT molecular complexity index is 449. The number of aromatic nitrogens is 1. The number of pyridine rings is 1. The van der Waals surface area contributed by atoms with E-state index in [2.05, 4.69) is 26.9 Å². The topological polar surface area (TPSA) is 87.7 Å². The number of anilines is 1. The molecule has 0 fully saturated rings. The maximum Gasteiger partial charge on any atom is 0.136 e. The lowest BCUT2D eigenvalue weighted by molar-refractivity contribution is 1.01. The molecule has 15 heavy (non-hydrogen) atoms. The molecule has 2 N–H and O–H groups in total. The Kier molecular flexibility index (Phi) is 4.02. The maximum absolute atomic E-state index is 8.04. The molecule has 5 nitrogen and oxygen atoms in total. The van der Waals surface area contributed by atoms with Gasteiger partial charge in [0.25, 0.3) is 0 Å². The predicted molar refractivity (Wildman–Crippen MR) is 58.9 cm³/mol. The first kappa shape index (κ1) is 10.9. The molecule has 5 heteroatoms. The second kappa shape index (κ2) is 5.53. The molecule has 76 valence electrons. The van der Waals surface area contributed by atoms with Crippen LogP contribution in [0.15, 0.2) is 17.4 Å². The van der Waals surface area contributed by atoms with Crippen molar-refractivity contribution in [2.24, 2.45) is 5.11 Å². The quantitative estimate of drug-likeness (QED) is 0.261. The van der Waals surface area contributed by atoms with Crippen LogP contribution in [0.5, 0.6) is 0 Å². The number of aryl methyl sites for hydroxylation is 1. The molecular formula is C10H11N5. The van der Waals surface area contributed by atoms with E-state index >= 15 is 0 Å². The van der Waals surface area contributed by atoms with E-state index in [4.69, 9.17) is 11.3 Å². The fraction of sp³-hybridized carbons (Fsp3) is 0.300. The molecule has 0 radical (unpaired) electrons. The molecule has 1 aromatic heterocycles. The van der Waals surface area contributed by atoms with Crippen LogP contribution in [-0.4, -0.2) is 11.5 Å². The minimum atomic E-state index is 0.370. The number of hydrogen-bond donors (Lipinski definition) is 1. The average molecular weight is 201 g/mol. The van der Waals surface area contributed by atoms with Crippen LogP contribution in [0.2, 0.25) is 0 Å². The van der Waals surface area contributed by atoms with Gasteiger partial charge in [-0.05, 0) is 30.0 Å². The van der Waals surface area contributed by atoms with Gasteiger partial charge in [-0.1, -0.05) is 11.0 Å². The highest BCUT2D eigenvalue weighted by molar-refractivity contribution is 5.56. The minimum absolute atomic E-state index is 0.370. The molecule has 0 aliphatic rings. The highest BCUT2D eigenvalue weighted by atomic mass is 15.1. The van der Waals surface area contributed by atoms with E-state index in [1.807, 2.05) is 13.0 Å². The second-order valence-electron chi connectivity index (χ2n) is 2.90. The molecule has 1 heterocycles. The van der Waals surface area contributed by atoms with Crippen molar-refractivity contribution >= 4 is 5.69 Å². The number of nitrogens with zero attached hydrogens (tertiary/aromatic N) is 4. The van der Waals surface area contributed by atoms with Crippen LogP contribution in [0.1, 0.15) is 17.7 Å². The highest BCUT2D eigenvalue weighted by Crippen LogP contribution is 2.11. The van der Waals surface area contributed by atoms with Crippen LogP contribution in [-0.2, 0) is 0 Å². The molecule has 0 unspecified atom stereocenters. The first-order chi connectivity index (χ1) is 7.25. The van der Waals surface area contributed by atoms with E-state index in [-0.39, 0.29) is 0 Å². The van der Waals surface area contributed by atoms with Gasteiger partial charge in [-0.15, -0.1) is 0 Å². The lowest BCUT2D eigenvalue weighted by Crippen LogP contribution is -1.96. The Labute approximate surface area is 87.9 Å². The third-order valence-corrected chi connectivity index (χ3v) is 1.81. The average Bonchev–Trinajstić information content (AvgIpc) is 2.24. The SMILES string of the molecule is Cc1ccnc(C#CCCN=[N+]=[N-])c1N. The van der Waals surface area contributed by atoms with Gasteiger partial charge in [-0.25, -0.2) is 4.98 Å². The molecule has 0 amide bonds. The summed E-state index contributed by atoms with van der Waals surface area (Å²) in [6.07, 6.45) is 2.18. The number of azide groups is 1. The molecule has 1 rings (SSSR count). The normalized spacial score (nSPS) is 8.60. The van der Waals surface area contributed by atoms with Crippen LogP contribution in [0.3, 0.4) is 0 Å². The van der Waals surface area contributed by atoms with Gasteiger partial charge in [0.1, 0.15) is 5.69 Å². The van der Waals surface area contributed by atoms with Crippen molar-refractivity contribution in [3.63, 3.8) is 0 Å². The summed E-state index contributed by atoms with van der Waals surface area (Å²) in [5, 5.41) is 3.37. The van der Waals surface area contributed by atoms with Gasteiger partial charge in [-0.2, -0.15) is 0 Å². The van der Waals surface area contributed by atoms with Crippen molar-refractivity contribution in [2.75, 3.05) is 12.3 Å². The third-order valence-electron chi connectivity index (χ3n) is 1.81. The van der Waals surface area contributed by atoms with Gasteiger partial charge < -0.3 is 5.73 Å². The number of rotatable bonds is 2. The fourth-order valence-corrected chi connectivity index (χ4v) is 0.966. The lowest BCUT2D eigenvalue weighted by atomic mass is 10.2. The standard InChI is InChI=1S/C10H11N5/c1-8-5-7-13-9(10(8)11)4-2-3-6-14-15-12/h5,7H,3,6,11H2,1H3. The van der Waals surface area contributed by atoms with Crippen LogP contribution in [0.4, 0.5) is 5.69 Å². The summed E-state index contributed by atoms with van der Waals surface area (Å²) < 4.78 is 0. The monoisotopic (exact) mass is 201 g/mol. The third kappa shape index (κ3) is 3.22. The van der Waals surface area contributed by atoms with Crippen molar-refractivity contribution in [3.8, 4) is 11.8 Å². The summed E-state index contributed by atoms with van der Waals surface area (Å²) >= 11 is 0. The van der Waals surface area contributed by atoms with Crippen LogP contribution >= 0.6 is 0 Å². The van der Waals surface area contributed by atoms with Gasteiger partial charge in [0.2, 0.25) is 0 Å². The molecule has 0 bridgehead atoms. The van der Waals surface area contributed by atoms with Crippen molar-refractivity contribution in [2.45, 2.75) is 13.3 Å². The van der Waals surface area contributed by atoms with Gasteiger partial charge in [0.05, 0.1) is 5.69 Å². The largest absolute Gasteiger partial charge is 0.396 e. The maximum atomic E-state index is 8.04. The zero-order valence-electron chi connectivity index (χ0n) is 8.44. The van der Waals surface area contributed by atoms with Gasteiger partial charge in [-0.3, -0.25) is 0 Å². The van der Waals surface area contributed by atoms with Crippen molar-refractivity contribution in [1.82, 2.24) is 4.98 Å². The van der Waals surface area contributed by atoms with Gasteiger partial charge in [0, 0.05) is 24.1 Å². The van der Waals surface area contributed by atoms with E-state index in [0.717, 1.165) is 5.56 Å². The summed E-state index contributed by atoms with van der Waals surface area (Å²) in [5.74, 6) is 5.69. The van der Waals surface area contributed by atoms with E-state index in [1.165, 1.54) is 0 Å². The summed E-state index contributed by atoms with van der Waals surface area (Å²) in [6, 6.07) is 1.83. The van der Waals surface area contributed by atoms with Crippen molar-refractivity contribution in [3.05, 3.63) is 34.0 Å². The molecule has 1 aromatic rings. The van der Waals surface area contributed by atoms with Crippen LogP contribution < -0.4 is 5.73 Å². The second-order valence-corrected chi connectivity index (χ2v) is 2.90. The smallest absolute Gasteiger partial charge is 0.136 e. The van der Waals surface area contributed by atoms with Gasteiger partial charge >= 0.3 is 0 Å². The minimum Gasteiger partial charge on any atom is -0.396 e. The zero-order chi connectivity index (χ0) is 11.1. The number of nitrogen functional groups attached to an aromatic ring is 1. The zero-order valence-corrected chi connectivity index (χ0v) is 8.44. The van der Waals surface area contributed by atoms with Gasteiger partial charge in [0.15, 0.2) is 0 Å². The fourth-order valence-electron chi connectivity index (χ4n) is 0.966. The molecular weight excluding hydrogens is 190 g/mol. The Hall–Kier alpha value is -2.18. The molecule has 0 aliphatic heterocycles.